The molecule has 8 heteroatoms. The molecule has 1 atom stereocenters. The van der Waals surface area contributed by atoms with E-state index in [4.69, 9.17) is 5.73 Å². The minimum atomic E-state index is -0.545. The number of halogens is 1. The third-order valence-corrected chi connectivity index (χ3v) is 5.54. The molecule has 0 radical (unpaired) electrons. The van der Waals surface area contributed by atoms with Crippen LogP contribution in [0.4, 0.5) is 10.1 Å². The number of hydrogen-bond acceptors (Lipinski definition) is 4. The number of imidazole rings is 1. The number of amides is 1. The van der Waals surface area contributed by atoms with E-state index < -0.39 is 5.91 Å². The quantitative estimate of drug-likeness (QED) is 0.451. The van der Waals surface area contributed by atoms with Gasteiger partial charge < -0.3 is 11.1 Å². The van der Waals surface area contributed by atoms with Gasteiger partial charge in [-0.05, 0) is 49.6 Å². The number of H-pyrrole nitrogens is 1. The first-order valence-electron chi connectivity index (χ1n) is 9.88. The Morgan fingerprint density at radius 1 is 1.27 bits per heavy atom. The van der Waals surface area contributed by atoms with Gasteiger partial charge in [0.2, 0.25) is 0 Å². The maximum absolute atomic E-state index is 13.2. The number of carbonyl (C=O) groups is 1. The highest BCUT2D eigenvalue weighted by Crippen LogP contribution is 2.39. The van der Waals surface area contributed by atoms with Crippen molar-refractivity contribution in [2.75, 3.05) is 5.32 Å². The van der Waals surface area contributed by atoms with Crippen molar-refractivity contribution < 1.29 is 9.18 Å². The van der Waals surface area contributed by atoms with Crippen molar-refractivity contribution in [3.63, 3.8) is 0 Å². The molecule has 2 aromatic carbocycles. The van der Waals surface area contributed by atoms with Crippen molar-refractivity contribution in [3.8, 4) is 5.82 Å². The third-order valence-electron chi connectivity index (χ3n) is 5.54. The largest absolute Gasteiger partial charge is 0.378 e. The highest BCUT2D eigenvalue weighted by Gasteiger charge is 2.26. The van der Waals surface area contributed by atoms with E-state index in [2.05, 4.69) is 20.5 Å². The molecular weight excluding hydrogens is 383 g/mol. The highest BCUT2D eigenvalue weighted by molar-refractivity contribution is 6.02. The summed E-state index contributed by atoms with van der Waals surface area (Å²) in [5, 5.41) is 10.9. The molecule has 1 amide bonds. The van der Waals surface area contributed by atoms with Gasteiger partial charge in [-0.2, -0.15) is 5.10 Å². The van der Waals surface area contributed by atoms with Crippen LogP contribution >= 0.6 is 0 Å². The number of nitrogens with two attached hydrogens (primary N) is 1. The van der Waals surface area contributed by atoms with Gasteiger partial charge in [0.25, 0.3) is 5.91 Å². The fourth-order valence-electron chi connectivity index (χ4n) is 3.68. The molecular formula is C22H21FN6O. The third kappa shape index (κ3) is 3.30. The molecule has 4 aromatic rings. The minimum absolute atomic E-state index is 0.163. The van der Waals surface area contributed by atoms with Crippen LogP contribution in [0.1, 0.15) is 53.3 Å². The maximum atomic E-state index is 13.2. The second-order valence-corrected chi connectivity index (χ2v) is 7.74. The van der Waals surface area contributed by atoms with Crippen molar-refractivity contribution in [2.45, 2.75) is 31.7 Å². The number of primary amides is 1. The molecule has 0 spiro atoms. The summed E-state index contributed by atoms with van der Waals surface area (Å²) in [5.41, 5.74) is 10.0. The molecule has 0 aliphatic heterocycles. The lowest BCUT2D eigenvalue weighted by Gasteiger charge is -2.18. The van der Waals surface area contributed by atoms with Gasteiger partial charge in [-0.1, -0.05) is 12.1 Å². The van der Waals surface area contributed by atoms with Gasteiger partial charge in [0.05, 0.1) is 16.6 Å². The van der Waals surface area contributed by atoms with Crippen LogP contribution < -0.4 is 11.1 Å². The Balaban J connectivity index is 1.54. The van der Waals surface area contributed by atoms with Crippen molar-refractivity contribution in [1.29, 1.82) is 0 Å². The predicted octanol–water partition coefficient (Wildman–Crippen LogP) is 4.04. The summed E-state index contributed by atoms with van der Waals surface area (Å²) in [6, 6.07) is 11.7. The summed E-state index contributed by atoms with van der Waals surface area (Å²) in [6.45, 7) is 1.94. The second-order valence-electron chi connectivity index (χ2n) is 7.74. The van der Waals surface area contributed by atoms with E-state index in [0.29, 0.717) is 22.7 Å². The number of fused-ring (bicyclic) bond motifs is 1. The number of anilines is 1. The fourth-order valence-corrected chi connectivity index (χ4v) is 3.68. The molecule has 7 nitrogen and oxygen atoms in total. The van der Waals surface area contributed by atoms with E-state index >= 15 is 0 Å². The number of nitrogens with one attached hydrogen (secondary N) is 2. The van der Waals surface area contributed by atoms with E-state index in [1.807, 2.05) is 23.6 Å². The van der Waals surface area contributed by atoms with Crippen LogP contribution in [-0.4, -0.2) is 25.7 Å². The number of carbonyl (C=O) groups excluding carboxylic acids is 1. The lowest BCUT2D eigenvalue weighted by molar-refractivity contribution is 0.100. The van der Waals surface area contributed by atoms with Gasteiger partial charge >= 0.3 is 0 Å². The number of rotatable bonds is 6. The molecule has 0 bridgehead atoms. The molecule has 30 heavy (non-hydrogen) atoms. The molecule has 2 aromatic heterocycles. The highest BCUT2D eigenvalue weighted by atomic mass is 19.1. The second kappa shape index (κ2) is 6.98. The first-order chi connectivity index (χ1) is 14.5. The lowest BCUT2D eigenvalue weighted by atomic mass is 10.1. The first-order valence-corrected chi connectivity index (χ1v) is 9.88. The first kappa shape index (κ1) is 18.4. The zero-order valence-corrected chi connectivity index (χ0v) is 16.4. The molecule has 0 saturated heterocycles. The zero-order chi connectivity index (χ0) is 20.8. The number of aromatic amines is 1. The van der Waals surface area contributed by atoms with Crippen LogP contribution in [0.5, 0.6) is 0 Å². The van der Waals surface area contributed by atoms with E-state index in [0.717, 1.165) is 22.6 Å². The summed E-state index contributed by atoms with van der Waals surface area (Å²) >= 11 is 0. The summed E-state index contributed by atoms with van der Waals surface area (Å²) in [4.78, 5) is 16.5. The monoisotopic (exact) mass is 404 g/mol. The van der Waals surface area contributed by atoms with Crippen molar-refractivity contribution >= 4 is 22.6 Å². The molecule has 1 aliphatic rings. The Bertz CT molecular complexity index is 1240. The summed E-state index contributed by atoms with van der Waals surface area (Å²) < 4.78 is 15.1. The molecule has 1 saturated carbocycles. The molecule has 4 N–H and O–H groups in total. The predicted molar refractivity (Wildman–Crippen MR) is 112 cm³/mol. The smallest absolute Gasteiger partial charge is 0.250 e. The number of nitrogens with zero attached hydrogens (tertiary/aromatic N) is 3. The van der Waals surface area contributed by atoms with E-state index in [9.17, 15) is 9.18 Å². The van der Waals surface area contributed by atoms with Crippen LogP contribution in [0, 0.1) is 5.82 Å². The normalized spacial score (nSPS) is 14.7. The molecule has 1 aliphatic carbocycles. The van der Waals surface area contributed by atoms with Gasteiger partial charge in [-0.3, -0.25) is 14.5 Å². The Morgan fingerprint density at radius 3 is 2.73 bits per heavy atom. The maximum Gasteiger partial charge on any atom is 0.250 e. The van der Waals surface area contributed by atoms with Crippen molar-refractivity contribution in [2.24, 2.45) is 5.73 Å². The van der Waals surface area contributed by atoms with E-state index in [1.165, 1.54) is 25.0 Å². The molecule has 152 valence electrons. The Kier molecular flexibility index (Phi) is 4.27. The average Bonchev–Trinajstić information content (AvgIpc) is 3.32. The van der Waals surface area contributed by atoms with Gasteiger partial charge in [-0.25, -0.2) is 9.37 Å². The molecule has 5 rings (SSSR count). The van der Waals surface area contributed by atoms with Gasteiger partial charge in [0.1, 0.15) is 12.1 Å². The zero-order valence-electron chi connectivity index (χ0n) is 16.4. The van der Waals surface area contributed by atoms with E-state index in [1.54, 1.807) is 24.5 Å². The van der Waals surface area contributed by atoms with Crippen LogP contribution in [0.2, 0.25) is 0 Å². The standard InChI is InChI=1S/C22H21FN6O/c1-12(13-4-6-15(23)7-5-13)26-18-9-20-19(8-16(18)22(24)30)25-11-29(20)21-10-17(27-28-21)14-2-3-14/h4-12,14,26H,2-3H2,1H3,(H2,24,30)(H,27,28)/t12-/m0/s1. The summed E-state index contributed by atoms with van der Waals surface area (Å²) in [7, 11) is 0. The van der Waals surface area contributed by atoms with Crippen molar-refractivity contribution in [1.82, 2.24) is 19.7 Å². The van der Waals surface area contributed by atoms with Crippen LogP contribution in [-0.2, 0) is 0 Å². The van der Waals surface area contributed by atoms with Crippen LogP contribution in [0.15, 0.2) is 48.8 Å². The lowest BCUT2D eigenvalue weighted by Crippen LogP contribution is -2.16. The topological polar surface area (TPSA) is 102 Å². The molecule has 0 unspecified atom stereocenters. The van der Waals surface area contributed by atoms with E-state index in [-0.39, 0.29) is 11.9 Å². The average molecular weight is 404 g/mol. The SMILES string of the molecule is C[C@H](Nc1cc2c(cc1C(N)=O)ncn2-c1cc(C2CC2)[nH]n1)c1ccc(F)cc1. The summed E-state index contributed by atoms with van der Waals surface area (Å²) in [5.74, 6) is 0.481. The Labute approximate surface area is 172 Å². The van der Waals surface area contributed by atoms with Gasteiger partial charge in [-0.15, -0.1) is 0 Å². The fraction of sp³-hybridized carbons (Fsp3) is 0.227. The minimum Gasteiger partial charge on any atom is -0.378 e. The Hall–Kier alpha value is -3.68. The van der Waals surface area contributed by atoms with Crippen LogP contribution in [0.3, 0.4) is 0 Å². The molecule has 2 heterocycles. The summed E-state index contributed by atoms with van der Waals surface area (Å²) in [6.07, 6.45) is 4.06. The van der Waals surface area contributed by atoms with Crippen molar-refractivity contribution in [3.05, 3.63) is 71.4 Å². The number of aromatic nitrogens is 4. The molecule has 1 fully saturated rings. The number of benzene rings is 2. The Morgan fingerprint density at radius 2 is 2.03 bits per heavy atom. The van der Waals surface area contributed by atoms with Crippen LogP contribution in [0.25, 0.3) is 16.9 Å². The van der Waals surface area contributed by atoms with Gasteiger partial charge in [0, 0.05) is 29.4 Å². The van der Waals surface area contributed by atoms with Gasteiger partial charge in [0.15, 0.2) is 5.82 Å². The number of hydrogen-bond donors (Lipinski definition) is 3.